The fourth-order valence-corrected chi connectivity index (χ4v) is 4.23. The highest BCUT2D eigenvalue weighted by Crippen LogP contribution is 2.37. The Morgan fingerprint density at radius 2 is 1.70 bits per heavy atom. The van der Waals surface area contributed by atoms with Crippen LogP contribution < -0.4 is 4.90 Å². The molecule has 2 aromatic carbocycles. The molecule has 0 unspecified atom stereocenters. The average Bonchev–Trinajstić information content (AvgIpc) is 3.21. The monoisotopic (exact) mass is 413 g/mol. The molecular weight excluding hydrogens is 402 g/mol. The largest absolute Gasteiger partial charge is 0.450 e. The van der Waals surface area contributed by atoms with E-state index in [2.05, 4.69) is 0 Å². The van der Waals surface area contributed by atoms with Crippen molar-refractivity contribution in [2.45, 2.75) is 9.99 Å². The summed E-state index contributed by atoms with van der Waals surface area (Å²) in [5.74, 6) is 0.149. The van der Waals surface area contributed by atoms with Gasteiger partial charge in [-0.15, -0.1) is 0 Å². The van der Waals surface area contributed by atoms with Gasteiger partial charge in [-0.3, -0.25) is 9.59 Å². The van der Waals surface area contributed by atoms with Crippen molar-refractivity contribution in [3.05, 3.63) is 82.4 Å². The van der Waals surface area contributed by atoms with Gasteiger partial charge in [0, 0.05) is 16.0 Å². The minimum absolute atomic E-state index is 0.320. The van der Waals surface area contributed by atoms with E-state index in [1.807, 2.05) is 36.4 Å². The molecule has 2 amide bonds. The molecule has 4 rings (SSSR count). The lowest BCUT2D eigenvalue weighted by Gasteiger charge is -2.11. The van der Waals surface area contributed by atoms with Crippen molar-refractivity contribution in [2.75, 3.05) is 4.90 Å². The molecule has 1 aliphatic heterocycles. The average molecular weight is 414 g/mol. The normalized spacial score (nSPS) is 15.7. The standard InChI is InChI=1S/C20H12ClNO3S2/c21-13-6-8-14(9-7-13)22-19(23)17(27-20(22)24)12-15-10-11-18(25-15)26-16-4-2-1-3-5-16/h1-12H/b17-12-. The number of carbonyl (C=O) groups excluding carboxylic acids is 2. The van der Waals surface area contributed by atoms with E-state index in [1.54, 1.807) is 36.4 Å². The third-order valence-electron chi connectivity index (χ3n) is 3.72. The first-order valence-corrected chi connectivity index (χ1v) is 9.97. The maximum Gasteiger partial charge on any atom is 0.298 e. The zero-order chi connectivity index (χ0) is 18.8. The van der Waals surface area contributed by atoms with Gasteiger partial charge in [0.15, 0.2) is 5.09 Å². The van der Waals surface area contributed by atoms with Gasteiger partial charge in [-0.1, -0.05) is 41.6 Å². The lowest BCUT2D eigenvalue weighted by Crippen LogP contribution is -2.27. The summed E-state index contributed by atoms with van der Waals surface area (Å²) in [6.07, 6.45) is 1.59. The first kappa shape index (κ1) is 18.0. The van der Waals surface area contributed by atoms with Gasteiger partial charge >= 0.3 is 0 Å². The molecule has 0 bridgehead atoms. The van der Waals surface area contributed by atoms with Gasteiger partial charge in [0.2, 0.25) is 0 Å². The van der Waals surface area contributed by atoms with Crippen LogP contribution >= 0.6 is 35.1 Å². The van der Waals surface area contributed by atoms with Crippen molar-refractivity contribution in [3.8, 4) is 0 Å². The summed E-state index contributed by atoms with van der Waals surface area (Å²) in [5.41, 5.74) is 0.491. The van der Waals surface area contributed by atoms with Crippen LogP contribution in [0.3, 0.4) is 0 Å². The van der Waals surface area contributed by atoms with Gasteiger partial charge in [0.25, 0.3) is 11.1 Å². The zero-order valence-electron chi connectivity index (χ0n) is 13.8. The van der Waals surface area contributed by atoms with E-state index < -0.39 is 0 Å². The number of amides is 2. The van der Waals surface area contributed by atoms with Crippen molar-refractivity contribution in [1.29, 1.82) is 0 Å². The highest BCUT2D eigenvalue weighted by atomic mass is 35.5. The van der Waals surface area contributed by atoms with Gasteiger partial charge in [0.05, 0.1) is 10.6 Å². The van der Waals surface area contributed by atoms with E-state index in [1.165, 1.54) is 11.8 Å². The molecule has 0 radical (unpaired) electrons. The number of benzene rings is 2. The smallest absolute Gasteiger partial charge is 0.298 e. The second-order valence-corrected chi connectivity index (χ2v) is 8.07. The van der Waals surface area contributed by atoms with Crippen LogP contribution in [0.25, 0.3) is 6.08 Å². The number of hydrogen-bond donors (Lipinski definition) is 0. The Balaban J connectivity index is 1.53. The van der Waals surface area contributed by atoms with Gasteiger partial charge in [-0.05, 0) is 60.3 Å². The number of imide groups is 1. The fourth-order valence-electron chi connectivity index (χ4n) is 2.48. The van der Waals surface area contributed by atoms with Crippen LogP contribution in [0.4, 0.5) is 10.5 Å². The van der Waals surface area contributed by atoms with Crippen molar-refractivity contribution in [2.24, 2.45) is 0 Å². The molecule has 0 N–H and O–H groups in total. The summed E-state index contributed by atoms with van der Waals surface area (Å²) in [4.78, 5) is 27.4. The maximum atomic E-state index is 12.6. The molecule has 4 nitrogen and oxygen atoms in total. The number of anilines is 1. The Morgan fingerprint density at radius 1 is 0.963 bits per heavy atom. The summed E-state index contributed by atoms with van der Waals surface area (Å²) in [5, 5.41) is 0.906. The third-order valence-corrected chi connectivity index (χ3v) is 5.77. The van der Waals surface area contributed by atoms with Crippen molar-refractivity contribution in [1.82, 2.24) is 0 Å². The molecule has 134 valence electrons. The molecule has 1 fully saturated rings. The minimum Gasteiger partial charge on any atom is -0.450 e. The van der Waals surface area contributed by atoms with Crippen molar-refractivity contribution in [3.63, 3.8) is 0 Å². The zero-order valence-corrected chi connectivity index (χ0v) is 16.2. The Bertz CT molecular complexity index is 1030. The molecule has 7 heteroatoms. The number of hydrogen-bond acceptors (Lipinski definition) is 5. The van der Waals surface area contributed by atoms with Gasteiger partial charge < -0.3 is 4.42 Å². The summed E-state index contributed by atoms with van der Waals surface area (Å²) in [7, 11) is 0. The topological polar surface area (TPSA) is 50.5 Å². The molecule has 2 heterocycles. The molecule has 0 aliphatic carbocycles. The van der Waals surface area contributed by atoms with Crippen LogP contribution in [0.1, 0.15) is 5.76 Å². The maximum absolute atomic E-state index is 12.6. The molecule has 0 atom stereocenters. The minimum atomic E-state index is -0.374. The third kappa shape index (κ3) is 3.98. The second-order valence-electron chi connectivity index (χ2n) is 5.57. The first-order chi connectivity index (χ1) is 13.1. The molecule has 3 aromatic rings. The van der Waals surface area contributed by atoms with Crippen LogP contribution in [0.2, 0.25) is 5.02 Å². The van der Waals surface area contributed by atoms with E-state index in [9.17, 15) is 9.59 Å². The predicted octanol–water partition coefficient (Wildman–Crippen LogP) is 6.33. The number of halogens is 1. The quantitative estimate of drug-likeness (QED) is 0.468. The van der Waals surface area contributed by atoms with E-state index in [0.29, 0.717) is 26.5 Å². The van der Waals surface area contributed by atoms with Crippen LogP contribution in [0, 0.1) is 0 Å². The summed E-state index contributed by atoms with van der Waals surface area (Å²) in [6.45, 7) is 0. The molecule has 1 saturated heterocycles. The van der Waals surface area contributed by atoms with Crippen LogP contribution in [0.5, 0.6) is 0 Å². The van der Waals surface area contributed by atoms with Gasteiger partial charge in [-0.25, -0.2) is 4.90 Å². The predicted molar refractivity (Wildman–Crippen MR) is 109 cm³/mol. The number of rotatable bonds is 4. The lowest BCUT2D eigenvalue weighted by atomic mass is 10.3. The SMILES string of the molecule is O=C1S/C(=C\c2ccc(Sc3ccccc3)o2)C(=O)N1c1ccc(Cl)cc1. The summed E-state index contributed by atoms with van der Waals surface area (Å²) >= 11 is 8.24. The first-order valence-electron chi connectivity index (χ1n) is 7.96. The molecule has 0 spiro atoms. The molecule has 0 saturated carbocycles. The molecular formula is C20H12ClNO3S2. The molecule has 27 heavy (non-hydrogen) atoms. The van der Waals surface area contributed by atoms with Gasteiger partial charge in [0.1, 0.15) is 5.76 Å². The number of nitrogens with zero attached hydrogens (tertiary/aromatic N) is 1. The Morgan fingerprint density at radius 3 is 2.44 bits per heavy atom. The highest BCUT2D eigenvalue weighted by molar-refractivity contribution is 8.19. The van der Waals surface area contributed by atoms with E-state index >= 15 is 0 Å². The van der Waals surface area contributed by atoms with Crippen LogP contribution in [-0.2, 0) is 4.79 Å². The lowest BCUT2D eigenvalue weighted by molar-refractivity contribution is -0.113. The van der Waals surface area contributed by atoms with E-state index in [-0.39, 0.29) is 11.1 Å². The Kier molecular flexibility index (Phi) is 5.11. The van der Waals surface area contributed by atoms with Crippen molar-refractivity contribution < 1.29 is 14.0 Å². The van der Waals surface area contributed by atoms with E-state index in [4.69, 9.17) is 16.0 Å². The van der Waals surface area contributed by atoms with E-state index in [0.717, 1.165) is 21.6 Å². The highest BCUT2D eigenvalue weighted by Gasteiger charge is 2.36. The molecule has 1 aromatic heterocycles. The second kappa shape index (κ2) is 7.68. The van der Waals surface area contributed by atoms with Crippen molar-refractivity contribution >= 4 is 58.0 Å². The van der Waals surface area contributed by atoms with Crippen LogP contribution in [0.15, 0.2) is 86.0 Å². The van der Waals surface area contributed by atoms with Crippen LogP contribution in [-0.4, -0.2) is 11.1 Å². The fraction of sp³-hybridized carbons (Fsp3) is 0. The number of furan rings is 1. The number of thioether (sulfide) groups is 1. The van der Waals surface area contributed by atoms with Gasteiger partial charge in [-0.2, -0.15) is 0 Å². The summed E-state index contributed by atoms with van der Waals surface area (Å²) < 4.78 is 5.76. The Hall–Kier alpha value is -2.41. The Labute approximate surface area is 169 Å². The molecule has 1 aliphatic rings. The summed E-state index contributed by atoms with van der Waals surface area (Å²) in [6, 6.07) is 20.0. The number of carbonyl (C=O) groups is 2.